The van der Waals surface area contributed by atoms with Crippen molar-refractivity contribution in [2.45, 2.75) is 13.8 Å². The van der Waals surface area contributed by atoms with Crippen molar-refractivity contribution in [2.24, 2.45) is 0 Å². The number of halogens is 1. The fraction of sp³-hybridized carbons (Fsp3) is 0.235. The lowest BCUT2D eigenvalue weighted by molar-refractivity contribution is 0.102. The van der Waals surface area contributed by atoms with Gasteiger partial charge in [-0.1, -0.05) is 11.6 Å². The summed E-state index contributed by atoms with van der Waals surface area (Å²) in [5.41, 5.74) is 1.62. The molecule has 24 heavy (non-hydrogen) atoms. The van der Waals surface area contributed by atoms with E-state index in [1.165, 1.54) is 4.31 Å². The molecular formula is C17H19ClN2O3S. The predicted octanol–water partition coefficient (Wildman–Crippen LogP) is 3.77. The van der Waals surface area contributed by atoms with Gasteiger partial charge in [-0.15, -0.1) is 0 Å². The van der Waals surface area contributed by atoms with Crippen LogP contribution in [0.4, 0.5) is 11.4 Å². The van der Waals surface area contributed by atoms with Crippen molar-refractivity contribution < 1.29 is 13.2 Å². The summed E-state index contributed by atoms with van der Waals surface area (Å²) in [6.07, 6.45) is 0. The predicted molar refractivity (Wildman–Crippen MR) is 98.3 cm³/mol. The third kappa shape index (κ3) is 4.27. The Morgan fingerprint density at radius 1 is 1.04 bits per heavy atom. The molecule has 0 unspecified atom stereocenters. The Labute approximate surface area is 147 Å². The molecule has 5 nitrogen and oxygen atoms in total. The van der Waals surface area contributed by atoms with Crippen molar-refractivity contribution in [1.29, 1.82) is 0 Å². The van der Waals surface area contributed by atoms with Gasteiger partial charge in [0.1, 0.15) is 0 Å². The third-order valence-electron chi connectivity index (χ3n) is 3.51. The summed E-state index contributed by atoms with van der Waals surface area (Å²) in [6.45, 7) is 3.72. The first kappa shape index (κ1) is 18.3. The summed E-state index contributed by atoms with van der Waals surface area (Å²) >= 11 is 5.81. The fourth-order valence-electron chi connectivity index (χ4n) is 2.21. The average molecular weight is 367 g/mol. The van der Waals surface area contributed by atoms with Crippen LogP contribution in [0.25, 0.3) is 0 Å². The zero-order chi connectivity index (χ0) is 17.7. The molecule has 0 atom stereocenters. The van der Waals surface area contributed by atoms with Crippen LogP contribution in [-0.4, -0.2) is 26.6 Å². The molecule has 1 N–H and O–H groups in total. The monoisotopic (exact) mass is 366 g/mol. The number of carbonyl (C=O) groups is 1. The molecule has 0 saturated carbocycles. The molecule has 1 amide bonds. The van der Waals surface area contributed by atoms with Gasteiger partial charge >= 0.3 is 0 Å². The lowest BCUT2D eigenvalue weighted by atomic mass is 10.2. The number of nitrogens with one attached hydrogen (secondary N) is 1. The smallest absolute Gasteiger partial charge is 0.255 e. The molecule has 0 aromatic heterocycles. The Kier molecular flexibility index (Phi) is 5.85. The number of amides is 1. The van der Waals surface area contributed by atoms with Crippen molar-refractivity contribution in [2.75, 3.05) is 21.9 Å². The minimum atomic E-state index is -3.33. The molecule has 0 spiro atoms. The van der Waals surface area contributed by atoms with Crippen LogP contribution in [0.2, 0.25) is 5.02 Å². The van der Waals surface area contributed by atoms with Crippen LogP contribution in [0.5, 0.6) is 0 Å². The zero-order valence-corrected chi connectivity index (χ0v) is 15.1. The summed E-state index contributed by atoms with van der Waals surface area (Å²) < 4.78 is 25.4. The summed E-state index contributed by atoms with van der Waals surface area (Å²) in [5, 5.41) is 3.35. The number of sulfonamides is 1. The molecule has 0 aliphatic rings. The molecule has 0 radical (unpaired) electrons. The van der Waals surface area contributed by atoms with Crippen LogP contribution >= 0.6 is 11.6 Å². The second-order valence-corrected chi connectivity index (χ2v) is 7.69. The van der Waals surface area contributed by atoms with E-state index in [1.54, 1.807) is 62.4 Å². The van der Waals surface area contributed by atoms with Crippen molar-refractivity contribution in [1.82, 2.24) is 0 Å². The largest absolute Gasteiger partial charge is 0.322 e. The highest BCUT2D eigenvalue weighted by atomic mass is 35.5. The van der Waals surface area contributed by atoms with E-state index in [-0.39, 0.29) is 11.7 Å². The minimum absolute atomic E-state index is 0.0274. The topological polar surface area (TPSA) is 66.5 Å². The highest BCUT2D eigenvalue weighted by Gasteiger charge is 2.18. The van der Waals surface area contributed by atoms with E-state index in [1.807, 2.05) is 0 Å². The molecule has 0 aliphatic carbocycles. The fourth-order valence-corrected chi connectivity index (χ4v) is 3.49. The highest BCUT2D eigenvalue weighted by molar-refractivity contribution is 7.92. The normalized spacial score (nSPS) is 11.1. The van der Waals surface area contributed by atoms with E-state index in [2.05, 4.69) is 5.32 Å². The number of nitrogens with zero attached hydrogens (tertiary/aromatic N) is 1. The molecular weight excluding hydrogens is 348 g/mol. The van der Waals surface area contributed by atoms with Gasteiger partial charge in [0.25, 0.3) is 5.91 Å². The number of benzene rings is 2. The van der Waals surface area contributed by atoms with Gasteiger partial charge in [0, 0.05) is 22.8 Å². The number of hydrogen-bond donors (Lipinski definition) is 1. The Morgan fingerprint density at radius 3 is 2.12 bits per heavy atom. The van der Waals surface area contributed by atoms with Crippen LogP contribution in [0, 0.1) is 0 Å². The molecule has 128 valence electrons. The van der Waals surface area contributed by atoms with E-state index in [0.717, 1.165) is 0 Å². The van der Waals surface area contributed by atoms with Crippen LogP contribution in [-0.2, 0) is 10.0 Å². The summed E-state index contributed by atoms with van der Waals surface area (Å²) in [5.74, 6) is -0.245. The maximum absolute atomic E-state index is 12.2. The van der Waals surface area contributed by atoms with Gasteiger partial charge in [0.2, 0.25) is 10.0 Å². The molecule has 2 rings (SSSR count). The maximum Gasteiger partial charge on any atom is 0.255 e. The van der Waals surface area contributed by atoms with Gasteiger partial charge in [-0.05, 0) is 62.4 Å². The van der Waals surface area contributed by atoms with Gasteiger partial charge in [0.15, 0.2) is 0 Å². The lowest BCUT2D eigenvalue weighted by Gasteiger charge is -2.22. The van der Waals surface area contributed by atoms with Crippen molar-refractivity contribution >= 4 is 38.9 Å². The van der Waals surface area contributed by atoms with E-state index in [4.69, 9.17) is 11.6 Å². The molecule has 0 aliphatic heterocycles. The summed E-state index contributed by atoms with van der Waals surface area (Å²) in [7, 11) is -3.33. The zero-order valence-electron chi connectivity index (χ0n) is 13.5. The van der Waals surface area contributed by atoms with Crippen molar-refractivity contribution in [3.05, 3.63) is 59.1 Å². The standard InChI is InChI=1S/C17H19ClN2O3S/c1-3-20(24(22,23)4-2)16-11-5-13(6-12-16)17(21)19-15-9-7-14(18)8-10-15/h5-12H,3-4H2,1-2H3,(H,19,21). The molecule has 0 bridgehead atoms. The first-order valence-electron chi connectivity index (χ1n) is 7.54. The summed E-state index contributed by atoms with van der Waals surface area (Å²) in [6, 6.07) is 13.3. The first-order valence-corrected chi connectivity index (χ1v) is 9.53. The van der Waals surface area contributed by atoms with Crippen molar-refractivity contribution in [3.8, 4) is 0 Å². The van der Waals surface area contributed by atoms with E-state index >= 15 is 0 Å². The quantitative estimate of drug-likeness (QED) is 0.846. The highest BCUT2D eigenvalue weighted by Crippen LogP contribution is 2.20. The van der Waals surface area contributed by atoms with Gasteiger partial charge in [-0.25, -0.2) is 8.42 Å². The second kappa shape index (κ2) is 7.68. The number of carbonyl (C=O) groups excluding carboxylic acids is 1. The Hall–Kier alpha value is -2.05. The van der Waals surface area contributed by atoms with Gasteiger partial charge in [-0.2, -0.15) is 0 Å². The van der Waals surface area contributed by atoms with Crippen LogP contribution in [0.15, 0.2) is 48.5 Å². The van der Waals surface area contributed by atoms with E-state index < -0.39 is 10.0 Å². The average Bonchev–Trinajstić information content (AvgIpc) is 2.58. The summed E-state index contributed by atoms with van der Waals surface area (Å²) in [4.78, 5) is 12.2. The first-order chi connectivity index (χ1) is 11.4. The molecule has 7 heteroatoms. The van der Waals surface area contributed by atoms with Crippen LogP contribution in [0.1, 0.15) is 24.2 Å². The van der Waals surface area contributed by atoms with Crippen molar-refractivity contribution in [3.63, 3.8) is 0 Å². The van der Waals surface area contributed by atoms with E-state index in [0.29, 0.717) is 28.5 Å². The Bertz CT molecular complexity index is 803. The number of anilines is 2. The van der Waals surface area contributed by atoms with Gasteiger partial charge in [-0.3, -0.25) is 9.10 Å². The Morgan fingerprint density at radius 2 is 1.62 bits per heavy atom. The molecule has 0 heterocycles. The van der Waals surface area contributed by atoms with Crippen LogP contribution < -0.4 is 9.62 Å². The Balaban J connectivity index is 2.16. The molecule has 0 fully saturated rings. The van der Waals surface area contributed by atoms with Gasteiger partial charge in [0.05, 0.1) is 11.4 Å². The molecule has 2 aromatic rings. The third-order valence-corrected chi connectivity index (χ3v) is 5.63. The molecule has 2 aromatic carbocycles. The van der Waals surface area contributed by atoms with Gasteiger partial charge < -0.3 is 5.32 Å². The van der Waals surface area contributed by atoms with Crippen LogP contribution in [0.3, 0.4) is 0 Å². The minimum Gasteiger partial charge on any atom is -0.322 e. The lowest BCUT2D eigenvalue weighted by Crippen LogP contribution is -2.32. The SMILES string of the molecule is CCN(c1ccc(C(=O)Nc2ccc(Cl)cc2)cc1)S(=O)(=O)CC. The second-order valence-electron chi connectivity index (χ2n) is 5.07. The number of rotatable bonds is 6. The van der Waals surface area contributed by atoms with E-state index in [9.17, 15) is 13.2 Å². The maximum atomic E-state index is 12.2. The number of hydrogen-bond acceptors (Lipinski definition) is 3. The molecule has 0 saturated heterocycles.